The highest BCUT2D eigenvalue weighted by Gasteiger charge is 2.80. The normalized spacial score (nSPS) is 31.3. The summed E-state index contributed by atoms with van der Waals surface area (Å²) in [6, 6.07) is 45.8. The molecule has 4 aromatic rings. The number of halogens is 2. The maximum Gasteiger partial charge on any atom is 0.0942 e. The van der Waals surface area contributed by atoms with E-state index in [1.807, 2.05) is 0 Å². The minimum absolute atomic E-state index is 0.0241. The lowest BCUT2D eigenvalue weighted by atomic mass is 9.28. The van der Waals surface area contributed by atoms with E-state index < -0.39 is 0 Å². The quantitative estimate of drug-likeness (QED) is 0.206. The molecule has 0 saturated heterocycles. The number of benzene rings is 4. The molecule has 0 spiro atoms. The van der Waals surface area contributed by atoms with E-state index in [9.17, 15) is 0 Å². The molecule has 0 aliphatic heterocycles. The summed E-state index contributed by atoms with van der Waals surface area (Å²) in [6.07, 6.45) is 4.81. The highest BCUT2D eigenvalue weighted by molar-refractivity contribution is 9.25. The van der Waals surface area contributed by atoms with Crippen LogP contribution in [0.2, 0.25) is 0 Å². The first-order chi connectivity index (χ1) is 17.6. The Morgan fingerprint density at radius 3 is 1.44 bits per heavy atom. The zero-order valence-electron chi connectivity index (χ0n) is 20.3. The molecular weight excluding hydrogens is 568 g/mol. The molecule has 0 heterocycles. The Hall–Kier alpha value is -2.16. The number of rotatable bonds is 4. The van der Waals surface area contributed by atoms with Crippen LogP contribution in [0.3, 0.4) is 0 Å². The van der Waals surface area contributed by atoms with Gasteiger partial charge in [0.25, 0.3) is 0 Å². The Morgan fingerprint density at radius 2 is 0.944 bits per heavy atom. The zero-order chi connectivity index (χ0) is 24.4. The van der Waals surface area contributed by atoms with Gasteiger partial charge in [0, 0.05) is 16.2 Å². The van der Waals surface area contributed by atoms with Crippen LogP contribution < -0.4 is 0 Å². The van der Waals surface area contributed by atoms with Crippen molar-refractivity contribution < 1.29 is 0 Å². The largest absolute Gasteiger partial charge is 0.0942 e. The van der Waals surface area contributed by atoms with Crippen molar-refractivity contribution in [3.05, 3.63) is 144 Å². The fraction of sp³-hybridized carbons (Fsp3) is 0.294. The average Bonchev–Trinajstić information content (AvgIpc) is 2.94. The summed E-state index contributed by atoms with van der Waals surface area (Å²) in [5.74, 6) is 1.22. The zero-order valence-corrected chi connectivity index (χ0v) is 23.5. The third kappa shape index (κ3) is 2.70. The maximum absolute atomic E-state index is 4.46. The molecule has 36 heavy (non-hydrogen) atoms. The van der Waals surface area contributed by atoms with Crippen molar-refractivity contribution in [1.29, 1.82) is 0 Å². The fourth-order valence-corrected chi connectivity index (χ4v) is 11.2. The maximum atomic E-state index is 4.46. The van der Waals surface area contributed by atoms with E-state index in [-0.39, 0.29) is 19.5 Å². The van der Waals surface area contributed by atoms with E-state index in [2.05, 4.69) is 153 Å². The molecule has 0 amide bonds. The Labute approximate surface area is 231 Å². The van der Waals surface area contributed by atoms with Crippen LogP contribution in [-0.2, 0) is 16.2 Å². The second-order valence-corrected chi connectivity index (χ2v) is 14.8. The highest BCUT2D eigenvalue weighted by Crippen LogP contribution is 2.81. The molecule has 0 radical (unpaired) electrons. The van der Waals surface area contributed by atoms with Crippen LogP contribution in [-0.4, -0.2) is 3.23 Å². The molecule has 4 aromatic carbocycles. The molecular formula is C34H30Br2. The van der Waals surface area contributed by atoms with E-state index in [0.29, 0.717) is 11.8 Å². The monoisotopic (exact) mass is 596 g/mol. The molecule has 4 atom stereocenters. The molecule has 4 saturated carbocycles. The van der Waals surface area contributed by atoms with Crippen LogP contribution >= 0.6 is 31.9 Å². The van der Waals surface area contributed by atoms with E-state index >= 15 is 0 Å². The van der Waals surface area contributed by atoms with Crippen molar-refractivity contribution in [2.24, 2.45) is 11.8 Å². The van der Waals surface area contributed by atoms with E-state index in [0.717, 1.165) is 12.8 Å². The summed E-state index contributed by atoms with van der Waals surface area (Å²) in [4.78, 5) is 0. The van der Waals surface area contributed by atoms with Gasteiger partial charge in [-0.05, 0) is 59.8 Å². The molecule has 2 heteroatoms. The van der Waals surface area contributed by atoms with Crippen molar-refractivity contribution >= 4 is 31.9 Å². The summed E-state index contributed by atoms with van der Waals surface area (Å²) in [5.41, 5.74) is 5.28. The van der Waals surface area contributed by atoms with Crippen LogP contribution in [0.4, 0.5) is 0 Å². The lowest BCUT2D eigenvalue weighted by Gasteiger charge is -2.77. The van der Waals surface area contributed by atoms with Crippen molar-refractivity contribution in [2.45, 2.75) is 45.2 Å². The standard InChI is InChI=1S/C34H30Br2/c35-34(36)30-21-25-22-31(24-30,26-13-5-1-6-14-26)33(28-17-9-3-10-18-28,29-19-11-4-12-20-29)32(34,23-25)27-15-7-2-8-16-27/h1-20,25,30H,21-24H2. The molecule has 4 aliphatic rings. The molecule has 0 N–H and O–H groups in total. The van der Waals surface area contributed by atoms with E-state index in [4.69, 9.17) is 0 Å². The fourth-order valence-electron chi connectivity index (χ4n) is 9.08. The summed E-state index contributed by atoms with van der Waals surface area (Å²) in [7, 11) is 0. The molecule has 8 rings (SSSR count). The van der Waals surface area contributed by atoms with Gasteiger partial charge in [0.1, 0.15) is 0 Å². The molecule has 180 valence electrons. The van der Waals surface area contributed by atoms with Crippen LogP contribution in [0.15, 0.2) is 121 Å². The minimum Gasteiger partial charge on any atom is -0.0714 e. The smallest absolute Gasteiger partial charge is 0.0714 e. The van der Waals surface area contributed by atoms with Gasteiger partial charge in [-0.25, -0.2) is 0 Å². The van der Waals surface area contributed by atoms with Gasteiger partial charge in [0.05, 0.1) is 3.23 Å². The first kappa shape index (κ1) is 23.0. The second-order valence-electron chi connectivity index (χ2n) is 11.2. The molecule has 4 unspecified atom stereocenters. The lowest BCUT2D eigenvalue weighted by molar-refractivity contribution is -0.0899. The van der Waals surface area contributed by atoms with Gasteiger partial charge in [-0.3, -0.25) is 0 Å². The predicted molar refractivity (Wildman–Crippen MR) is 156 cm³/mol. The van der Waals surface area contributed by atoms with Crippen molar-refractivity contribution in [2.75, 3.05) is 0 Å². The molecule has 0 aromatic heterocycles. The third-order valence-electron chi connectivity index (χ3n) is 9.89. The lowest BCUT2D eigenvalue weighted by Crippen LogP contribution is -2.78. The predicted octanol–water partition coefficient (Wildman–Crippen LogP) is 9.17. The summed E-state index contributed by atoms with van der Waals surface area (Å²) in [6.45, 7) is 0. The van der Waals surface area contributed by atoms with Gasteiger partial charge in [0.2, 0.25) is 0 Å². The SMILES string of the molecule is BrC1(Br)C2CC3CC(c4ccccc4)(C2)C(c2ccccc2)(c2ccccc2)C1(c1ccccc1)C3. The van der Waals surface area contributed by atoms with Gasteiger partial charge < -0.3 is 0 Å². The van der Waals surface area contributed by atoms with Crippen LogP contribution in [0.1, 0.15) is 47.9 Å². The Bertz CT molecular complexity index is 1330. The molecule has 4 bridgehead atoms. The second kappa shape index (κ2) is 8.17. The van der Waals surface area contributed by atoms with Gasteiger partial charge in [-0.1, -0.05) is 153 Å². The van der Waals surface area contributed by atoms with Crippen molar-refractivity contribution in [3.63, 3.8) is 0 Å². The minimum atomic E-state index is -0.272. The van der Waals surface area contributed by atoms with Gasteiger partial charge in [-0.15, -0.1) is 0 Å². The number of hydrogen-bond donors (Lipinski definition) is 0. The summed E-state index contributed by atoms with van der Waals surface area (Å²) >= 11 is 8.92. The number of hydrogen-bond acceptors (Lipinski definition) is 0. The van der Waals surface area contributed by atoms with Crippen LogP contribution in [0.25, 0.3) is 0 Å². The highest BCUT2D eigenvalue weighted by atomic mass is 79.9. The van der Waals surface area contributed by atoms with Gasteiger partial charge in [0.15, 0.2) is 0 Å². The van der Waals surface area contributed by atoms with E-state index in [1.54, 1.807) is 0 Å². The van der Waals surface area contributed by atoms with Gasteiger partial charge >= 0.3 is 0 Å². The first-order valence-corrected chi connectivity index (χ1v) is 14.7. The Balaban J connectivity index is 1.72. The Morgan fingerprint density at radius 1 is 0.500 bits per heavy atom. The van der Waals surface area contributed by atoms with Gasteiger partial charge in [-0.2, -0.15) is 0 Å². The first-order valence-electron chi connectivity index (χ1n) is 13.2. The van der Waals surface area contributed by atoms with E-state index in [1.165, 1.54) is 35.1 Å². The topological polar surface area (TPSA) is 0 Å². The van der Waals surface area contributed by atoms with Crippen LogP contribution in [0, 0.1) is 11.8 Å². The summed E-state index contributed by atoms with van der Waals surface area (Å²) in [5, 5.41) is 0. The van der Waals surface area contributed by atoms with Crippen molar-refractivity contribution in [3.8, 4) is 0 Å². The summed E-state index contributed by atoms with van der Waals surface area (Å²) < 4.78 is -0.227. The van der Waals surface area contributed by atoms with Crippen molar-refractivity contribution in [1.82, 2.24) is 0 Å². The molecule has 4 aliphatic carbocycles. The van der Waals surface area contributed by atoms with Crippen LogP contribution in [0.5, 0.6) is 0 Å². The molecule has 0 nitrogen and oxygen atoms in total. The number of alkyl halides is 2. The molecule has 4 fully saturated rings. The average molecular weight is 598 g/mol. The Kier molecular flexibility index (Phi) is 5.22. The third-order valence-corrected chi connectivity index (χ3v) is 12.5.